The van der Waals surface area contributed by atoms with Gasteiger partial charge in [0.15, 0.2) is 0 Å². The number of rotatable bonds is 2. The first-order valence-electron chi connectivity index (χ1n) is 5.68. The van der Waals surface area contributed by atoms with Crippen molar-refractivity contribution in [3.05, 3.63) is 29.8 Å². The van der Waals surface area contributed by atoms with E-state index >= 15 is 0 Å². The van der Waals surface area contributed by atoms with Gasteiger partial charge in [-0.1, -0.05) is 6.07 Å². The molecular formula is C12H17N3OS. The molecule has 4 nitrogen and oxygen atoms in total. The molecule has 1 aliphatic rings. The molecule has 17 heavy (non-hydrogen) atoms. The highest BCUT2D eigenvalue weighted by atomic mass is 32.1. The number of thiol groups is 1. The quantitative estimate of drug-likeness (QED) is 0.766. The van der Waals surface area contributed by atoms with Gasteiger partial charge in [-0.15, -0.1) is 12.6 Å². The fourth-order valence-electron chi connectivity index (χ4n) is 1.77. The molecule has 0 bridgehead atoms. The molecule has 0 spiro atoms. The zero-order chi connectivity index (χ0) is 12.3. The van der Waals surface area contributed by atoms with Crippen LogP contribution in [0.1, 0.15) is 10.4 Å². The molecular weight excluding hydrogens is 234 g/mol. The number of carbonyl (C=O) groups is 1. The number of likely N-dealkylation sites (N-methyl/N-ethyl adjacent to an activating group) is 1. The summed E-state index contributed by atoms with van der Waals surface area (Å²) in [5, 5.41) is 1.97. The lowest BCUT2D eigenvalue weighted by Gasteiger charge is -2.32. The van der Waals surface area contributed by atoms with Crippen molar-refractivity contribution in [3.8, 4) is 0 Å². The van der Waals surface area contributed by atoms with Gasteiger partial charge in [0.1, 0.15) is 0 Å². The topological polar surface area (TPSA) is 35.6 Å². The number of nitrogens with one attached hydrogen (secondary N) is 1. The van der Waals surface area contributed by atoms with E-state index in [1.165, 1.54) is 0 Å². The fourth-order valence-corrected chi connectivity index (χ4v) is 2.00. The molecule has 0 unspecified atom stereocenters. The van der Waals surface area contributed by atoms with Crippen LogP contribution in [0.3, 0.4) is 0 Å². The van der Waals surface area contributed by atoms with Crippen molar-refractivity contribution < 1.29 is 4.79 Å². The standard InChI is InChI=1S/C12H17N3OS/c1-14-5-7-15(8-6-14)13-12(16)10-3-2-4-11(17)9-10/h2-4,9,17H,5-8H2,1H3,(H,13,16). The SMILES string of the molecule is CN1CCN(NC(=O)c2cccc(S)c2)CC1. The zero-order valence-electron chi connectivity index (χ0n) is 9.89. The second kappa shape index (κ2) is 5.53. The average molecular weight is 251 g/mol. The number of amides is 1. The summed E-state index contributed by atoms with van der Waals surface area (Å²) in [5.74, 6) is -0.0644. The maximum atomic E-state index is 11.9. The first-order valence-corrected chi connectivity index (χ1v) is 6.13. The van der Waals surface area contributed by atoms with Crippen LogP contribution in [-0.2, 0) is 0 Å². The van der Waals surface area contributed by atoms with Crippen molar-refractivity contribution >= 4 is 18.5 Å². The molecule has 0 aliphatic carbocycles. The molecule has 2 rings (SSSR count). The summed E-state index contributed by atoms with van der Waals surface area (Å²) in [6, 6.07) is 7.26. The molecule has 0 atom stereocenters. The van der Waals surface area contributed by atoms with E-state index in [0.717, 1.165) is 31.1 Å². The number of piperazine rings is 1. The van der Waals surface area contributed by atoms with Gasteiger partial charge in [0.2, 0.25) is 0 Å². The van der Waals surface area contributed by atoms with E-state index < -0.39 is 0 Å². The Labute approximate surface area is 107 Å². The predicted octanol–water partition coefficient (Wildman–Crippen LogP) is 0.867. The van der Waals surface area contributed by atoms with Crippen molar-refractivity contribution in [1.82, 2.24) is 15.3 Å². The molecule has 0 radical (unpaired) electrons. The largest absolute Gasteiger partial charge is 0.304 e. The van der Waals surface area contributed by atoms with Gasteiger partial charge in [0.25, 0.3) is 5.91 Å². The van der Waals surface area contributed by atoms with Crippen LogP contribution < -0.4 is 5.43 Å². The third kappa shape index (κ3) is 3.46. The average Bonchev–Trinajstić information content (AvgIpc) is 2.32. The first-order chi connectivity index (χ1) is 8.15. The summed E-state index contributed by atoms with van der Waals surface area (Å²) in [6.45, 7) is 3.69. The predicted molar refractivity (Wildman–Crippen MR) is 70.2 cm³/mol. The Kier molecular flexibility index (Phi) is 4.04. The molecule has 0 saturated carbocycles. The maximum Gasteiger partial charge on any atom is 0.265 e. The number of carbonyl (C=O) groups excluding carboxylic acids is 1. The molecule has 1 fully saturated rings. The van der Waals surface area contributed by atoms with Gasteiger partial charge in [0, 0.05) is 36.6 Å². The molecule has 1 aliphatic heterocycles. The monoisotopic (exact) mass is 251 g/mol. The third-order valence-corrected chi connectivity index (χ3v) is 3.15. The van der Waals surface area contributed by atoms with E-state index in [4.69, 9.17) is 0 Å². The summed E-state index contributed by atoms with van der Waals surface area (Å²) in [6.07, 6.45) is 0. The minimum absolute atomic E-state index is 0.0644. The Balaban J connectivity index is 1.93. The number of nitrogens with zero attached hydrogens (tertiary/aromatic N) is 2. The van der Waals surface area contributed by atoms with E-state index in [-0.39, 0.29) is 5.91 Å². The van der Waals surface area contributed by atoms with E-state index in [1.54, 1.807) is 12.1 Å². The minimum Gasteiger partial charge on any atom is -0.304 e. The Hall–Kier alpha value is -1.04. The molecule has 1 saturated heterocycles. The molecule has 1 amide bonds. The molecule has 5 heteroatoms. The molecule has 1 heterocycles. The highest BCUT2D eigenvalue weighted by Crippen LogP contribution is 2.09. The van der Waals surface area contributed by atoms with Crippen molar-refractivity contribution in [1.29, 1.82) is 0 Å². The van der Waals surface area contributed by atoms with E-state index in [1.807, 2.05) is 17.1 Å². The Morgan fingerprint density at radius 1 is 1.29 bits per heavy atom. The van der Waals surface area contributed by atoms with Crippen LogP contribution in [-0.4, -0.2) is 49.0 Å². The van der Waals surface area contributed by atoms with Gasteiger partial charge < -0.3 is 4.90 Å². The second-order valence-electron chi connectivity index (χ2n) is 4.28. The Bertz CT molecular complexity index is 402. The van der Waals surface area contributed by atoms with Crippen molar-refractivity contribution in [3.63, 3.8) is 0 Å². The van der Waals surface area contributed by atoms with Crippen LogP contribution in [0.25, 0.3) is 0 Å². The number of benzene rings is 1. The van der Waals surface area contributed by atoms with Crippen LogP contribution in [0.5, 0.6) is 0 Å². The lowest BCUT2D eigenvalue weighted by molar-refractivity contribution is 0.0662. The van der Waals surface area contributed by atoms with E-state index in [2.05, 4.69) is 30.0 Å². The number of hydrogen-bond acceptors (Lipinski definition) is 4. The van der Waals surface area contributed by atoms with Crippen molar-refractivity contribution in [2.45, 2.75) is 4.90 Å². The van der Waals surface area contributed by atoms with Crippen LogP contribution in [0.15, 0.2) is 29.2 Å². The zero-order valence-corrected chi connectivity index (χ0v) is 10.8. The molecule has 92 valence electrons. The highest BCUT2D eigenvalue weighted by Gasteiger charge is 2.16. The lowest BCUT2D eigenvalue weighted by atomic mass is 10.2. The van der Waals surface area contributed by atoms with Crippen LogP contribution in [0.4, 0.5) is 0 Å². The second-order valence-corrected chi connectivity index (χ2v) is 4.80. The van der Waals surface area contributed by atoms with Gasteiger partial charge >= 0.3 is 0 Å². The Morgan fingerprint density at radius 2 is 2.00 bits per heavy atom. The maximum absolute atomic E-state index is 11.9. The normalized spacial score (nSPS) is 18.0. The third-order valence-electron chi connectivity index (χ3n) is 2.87. The molecule has 1 N–H and O–H groups in total. The van der Waals surface area contributed by atoms with Gasteiger partial charge in [-0.3, -0.25) is 10.2 Å². The van der Waals surface area contributed by atoms with Gasteiger partial charge in [-0.05, 0) is 25.2 Å². The van der Waals surface area contributed by atoms with E-state index in [9.17, 15) is 4.79 Å². The first kappa shape index (κ1) is 12.4. The van der Waals surface area contributed by atoms with Crippen LogP contribution in [0, 0.1) is 0 Å². The van der Waals surface area contributed by atoms with Gasteiger partial charge in [0.05, 0.1) is 0 Å². The molecule has 1 aromatic rings. The number of hydrogen-bond donors (Lipinski definition) is 2. The van der Waals surface area contributed by atoms with Gasteiger partial charge in [-0.2, -0.15) is 0 Å². The van der Waals surface area contributed by atoms with Crippen LogP contribution >= 0.6 is 12.6 Å². The lowest BCUT2D eigenvalue weighted by Crippen LogP contribution is -2.52. The summed E-state index contributed by atoms with van der Waals surface area (Å²) < 4.78 is 0. The van der Waals surface area contributed by atoms with Crippen molar-refractivity contribution in [2.24, 2.45) is 0 Å². The molecule has 1 aromatic carbocycles. The van der Waals surface area contributed by atoms with E-state index in [0.29, 0.717) is 5.56 Å². The number of hydrazine groups is 1. The Morgan fingerprint density at radius 3 is 2.65 bits per heavy atom. The summed E-state index contributed by atoms with van der Waals surface area (Å²) in [7, 11) is 2.09. The highest BCUT2D eigenvalue weighted by molar-refractivity contribution is 7.80. The summed E-state index contributed by atoms with van der Waals surface area (Å²) in [4.78, 5) is 15.0. The van der Waals surface area contributed by atoms with Crippen LogP contribution in [0.2, 0.25) is 0 Å². The smallest absolute Gasteiger partial charge is 0.265 e. The molecule has 0 aromatic heterocycles. The minimum atomic E-state index is -0.0644. The summed E-state index contributed by atoms with van der Waals surface area (Å²) >= 11 is 4.23. The van der Waals surface area contributed by atoms with Crippen molar-refractivity contribution in [2.75, 3.05) is 33.2 Å². The fraction of sp³-hybridized carbons (Fsp3) is 0.417. The summed E-state index contributed by atoms with van der Waals surface area (Å²) in [5.41, 5.74) is 3.57. The van der Waals surface area contributed by atoms with Gasteiger partial charge in [-0.25, -0.2) is 5.01 Å².